The number of hydrogen-bond donors (Lipinski definition) is 1. The fraction of sp³-hybridized carbons (Fsp3) is 0.250. The molecule has 2 heterocycles. The Bertz CT molecular complexity index is 1120. The summed E-state index contributed by atoms with van der Waals surface area (Å²) in [5.74, 6) is 0.698. The number of hydrogen-bond acceptors (Lipinski definition) is 6. The average Bonchev–Trinajstić information content (AvgIpc) is 3.43. The predicted molar refractivity (Wildman–Crippen MR) is 119 cm³/mol. The number of guanidine groups is 1. The van der Waals surface area contributed by atoms with E-state index in [2.05, 4.69) is 15.5 Å². The highest BCUT2D eigenvalue weighted by atomic mass is 16.5. The summed E-state index contributed by atoms with van der Waals surface area (Å²) in [4.78, 5) is 30.5. The van der Waals surface area contributed by atoms with Crippen LogP contribution in [0.4, 0.5) is 5.88 Å². The van der Waals surface area contributed by atoms with Crippen molar-refractivity contribution >= 4 is 23.5 Å². The number of carbonyl (C=O) groups excluding carboxylic acids is 2. The van der Waals surface area contributed by atoms with E-state index in [1.54, 1.807) is 13.2 Å². The maximum atomic E-state index is 12.7. The van der Waals surface area contributed by atoms with Crippen LogP contribution in [0, 0.1) is 0 Å². The molecular formula is C24H24N4O4. The van der Waals surface area contributed by atoms with Crippen molar-refractivity contribution in [3.8, 4) is 0 Å². The van der Waals surface area contributed by atoms with Crippen LogP contribution in [0.2, 0.25) is 0 Å². The van der Waals surface area contributed by atoms with Crippen molar-refractivity contribution in [3.63, 3.8) is 0 Å². The molecular weight excluding hydrogens is 408 g/mol. The maximum absolute atomic E-state index is 12.7. The molecule has 1 N–H and O–H groups in total. The van der Waals surface area contributed by atoms with Gasteiger partial charge in [-0.3, -0.25) is 14.5 Å². The fourth-order valence-electron chi connectivity index (χ4n) is 3.45. The van der Waals surface area contributed by atoms with Crippen molar-refractivity contribution in [2.45, 2.75) is 12.8 Å². The molecule has 1 saturated heterocycles. The second kappa shape index (κ2) is 10.0. The van der Waals surface area contributed by atoms with Gasteiger partial charge in [0.05, 0.1) is 25.4 Å². The van der Waals surface area contributed by atoms with Crippen molar-refractivity contribution in [3.05, 3.63) is 83.0 Å². The molecule has 0 bridgehead atoms. The largest absolute Gasteiger partial charge is 0.383 e. The van der Waals surface area contributed by atoms with Crippen LogP contribution in [0.15, 0.2) is 70.2 Å². The Kier molecular flexibility index (Phi) is 6.72. The molecule has 0 unspecified atom stereocenters. The number of amides is 1. The number of rotatable bonds is 9. The van der Waals surface area contributed by atoms with Gasteiger partial charge in [-0.15, -0.1) is 0 Å². The number of methoxy groups -OCH3 is 1. The Morgan fingerprint density at radius 3 is 2.75 bits per heavy atom. The monoisotopic (exact) mass is 432 g/mol. The van der Waals surface area contributed by atoms with Gasteiger partial charge in [-0.1, -0.05) is 53.7 Å². The first-order valence-electron chi connectivity index (χ1n) is 10.4. The molecule has 32 heavy (non-hydrogen) atoms. The van der Waals surface area contributed by atoms with Gasteiger partial charge >= 0.3 is 0 Å². The first-order chi connectivity index (χ1) is 15.6. The molecule has 0 spiro atoms. The molecule has 164 valence electrons. The first-order valence-corrected chi connectivity index (χ1v) is 10.4. The summed E-state index contributed by atoms with van der Waals surface area (Å²) >= 11 is 0. The summed E-state index contributed by atoms with van der Waals surface area (Å²) in [7, 11) is 1.58. The minimum atomic E-state index is -0.0644. The predicted octanol–water partition coefficient (Wildman–Crippen LogP) is 2.76. The number of ketones is 1. The number of aryl methyl sites for hydroxylation is 2. The van der Waals surface area contributed by atoms with Gasteiger partial charge in [0, 0.05) is 24.3 Å². The summed E-state index contributed by atoms with van der Waals surface area (Å²) in [5, 5.41) is 7.04. The van der Waals surface area contributed by atoms with Gasteiger partial charge in [0.25, 0.3) is 5.88 Å². The summed E-state index contributed by atoms with van der Waals surface area (Å²) in [6, 6.07) is 18.6. The third-order valence-corrected chi connectivity index (χ3v) is 5.13. The smallest absolute Gasteiger partial charge is 0.253 e. The van der Waals surface area contributed by atoms with E-state index in [1.807, 2.05) is 54.6 Å². The van der Waals surface area contributed by atoms with Crippen LogP contribution in [0.5, 0.6) is 0 Å². The summed E-state index contributed by atoms with van der Waals surface area (Å²) in [6.07, 6.45) is 1.34. The van der Waals surface area contributed by atoms with E-state index in [4.69, 9.17) is 9.26 Å². The molecule has 1 amide bonds. The van der Waals surface area contributed by atoms with Crippen LogP contribution in [-0.2, 0) is 22.4 Å². The molecule has 1 fully saturated rings. The average molecular weight is 432 g/mol. The van der Waals surface area contributed by atoms with E-state index in [9.17, 15) is 9.59 Å². The Morgan fingerprint density at radius 1 is 1.12 bits per heavy atom. The van der Waals surface area contributed by atoms with Gasteiger partial charge in [0.1, 0.15) is 0 Å². The van der Waals surface area contributed by atoms with Gasteiger partial charge in [0.15, 0.2) is 5.78 Å². The highest BCUT2D eigenvalue weighted by molar-refractivity contribution is 6.09. The van der Waals surface area contributed by atoms with E-state index in [0.717, 1.165) is 11.3 Å². The number of carbonyl (C=O) groups is 2. The van der Waals surface area contributed by atoms with Gasteiger partial charge in [-0.25, -0.2) is 0 Å². The van der Waals surface area contributed by atoms with Crippen LogP contribution >= 0.6 is 0 Å². The zero-order valence-electron chi connectivity index (χ0n) is 17.8. The normalized spacial score (nSPS) is 14.7. The molecule has 0 radical (unpaired) electrons. The minimum Gasteiger partial charge on any atom is -0.383 e. The van der Waals surface area contributed by atoms with Gasteiger partial charge in [0.2, 0.25) is 11.9 Å². The zero-order valence-corrected chi connectivity index (χ0v) is 17.8. The third kappa shape index (κ3) is 5.09. The number of benzene rings is 2. The van der Waals surface area contributed by atoms with Crippen LogP contribution in [0.1, 0.15) is 27.2 Å². The molecule has 3 aromatic rings. The lowest BCUT2D eigenvalue weighted by atomic mass is 9.99. The van der Waals surface area contributed by atoms with Gasteiger partial charge < -0.3 is 14.6 Å². The Labute approximate surface area is 185 Å². The van der Waals surface area contributed by atoms with E-state index < -0.39 is 0 Å². The summed E-state index contributed by atoms with van der Waals surface area (Å²) in [6.45, 7) is 1.03. The number of aliphatic imine (C=N–C) groups is 1. The third-order valence-electron chi connectivity index (χ3n) is 5.13. The second-order valence-electron chi connectivity index (χ2n) is 7.38. The second-order valence-corrected chi connectivity index (χ2v) is 7.38. The van der Waals surface area contributed by atoms with E-state index >= 15 is 0 Å². The topological polar surface area (TPSA) is 97.0 Å². The molecule has 1 aromatic heterocycles. The van der Waals surface area contributed by atoms with Crippen LogP contribution < -0.4 is 5.32 Å². The Hall–Kier alpha value is -3.78. The quantitative estimate of drug-likeness (QED) is 0.522. The number of nitrogens with zero attached hydrogens (tertiary/aromatic N) is 3. The molecule has 1 aliphatic heterocycles. The fourth-order valence-corrected chi connectivity index (χ4v) is 3.45. The SMILES string of the molecule is COCCN1C(=O)CNC1=Nc1cc(CCc2cccc(C(=O)c3ccccc3)c2)no1. The van der Waals surface area contributed by atoms with Crippen LogP contribution in [-0.4, -0.2) is 54.5 Å². The molecule has 0 saturated carbocycles. The van der Waals surface area contributed by atoms with Gasteiger partial charge in [-0.2, -0.15) is 4.99 Å². The van der Waals surface area contributed by atoms with Crippen LogP contribution in [0.25, 0.3) is 0 Å². The number of nitrogens with one attached hydrogen (secondary N) is 1. The Balaban J connectivity index is 1.39. The molecule has 4 rings (SSSR count). The standard InChI is InChI=1S/C24H24N4O4/c1-31-13-12-28-22(29)16-25-24(28)26-21-15-20(27-32-21)11-10-17-6-5-9-19(14-17)23(30)18-7-3-2-4-8-18/h2-9,14-15H,10-13,16H2,1H3,(H,25,26). The molecule has 1 aliphatic rings. The van der Waals surface area contributed by atoms with Crippen LogP contribution in [0.3, 0.4) is 0 Å². The molecule has 0 atom stereocenters. The molecule has 8 heteroatoms. The van der Waals surface area contributed by atoms with E-state index in [0.29, 0.717) is 49.0 Å². The number of aromatic nitrogens is 1. The van der Waals surface area contributed by atoms with Gasteiger partial charge in [-0.05, 0) is 24.5 Å². The number of ether oxygens (including phenoxy) is 1. The van der Waals surface area contributed by atoms with Crippen molar-refractivity contribution in [2.24, 2.45) is 4.99 Å². The van der Waals surface area contributed by atoms with Crippen molar-refractivity contribution in [1.29, 1.82) is 0 Å². The highest BCUT2D eigenvalue weighted by Crippen LogP contribution is 2.18. The van der Waals surface area contributed by atoms with Crippen molar-refractivity contribution < 1.29 is 18.8 Å². The molecule has 0 aliphatic carbocycles. The Morgan fingerprint density at radius 2 is 1.94 bits per heavy atom. The molecule has 2 aromatic carbocycles. The van der Waals surface area contributed by atoms with Crippen molar-refractivity contribution in [1.82, 2.24) is 15.4 Å². The minimum absolute atomic E-state index is 0.00337. The first kappa shape index (κ1) is 21.5. The van der Waals surface area contributed by atoms with Crippen molar-refractivity contribution in [2.75, 3.05) is 26.8 Å². The lowest BCUT2D eigenvalue weighted by molar-refractivity contribution is -0.125. The zero-order chi connectivity index (χ0) is 22.3. The molecule has 8 nitrogen and oxygen atoms in total. The maximum Gasteiger partial charge on any atom is 0.253 e. The van der Waals surface area contributed by atoms with E-state index in [1.165, 1.54) is 4.90 Å². The lowest BCUT2D eigenvalue weighted by Crippen LogP contribution is -2.35. The summed E-state index contributed by atoms with van der Waals surface area (Å²) < 4.78 is 10.4. The highest BCUT2D eigenvalue weighted by Gasteiger charge is 2.26. The van der Waals surface area contributed by atoms with E-state index in [-0.39, 0.29) is 18.2 Å². The summed E-state index contributed by atoms with van der Waals surface area (Å²) in [5.41, 5.74) is 3.12. The lowest BCUT2D eigenvalue weighted by Gasteiger charge is -2.14.